The maximum absolute atomic E-state index is 3.73. The topological polar surface area (TPSA) is 18.5 Å². The van der Waals surface area contributed by atoms with E-state index in [1.165, 1.54) is 64.8 Å². The van der Waals surface area contributed by atoms with Gasteiger partial charge in [0, 0.05) is 6.04 Å². The van der Waals surface area contributed by atoms with Gasteiger partial charge in [-0.1, -0.05) is 6.92 Å². The van der Waals surface area contributed by atoms with Crippen molar-refractivity contribution in [3.8, 4) is 0 Å². The molecule has 0 radical (unpaired) electrons. The fraction of sp³-hybridized carbons (Fsp3) is 1.00. The summed E-state index contributed by atoms with van der Waals surface area (Å²) in [4.78, 5) is 4.85. The Kier molecular flexibility index (Phi) is 7.82. The number of nitrogens with zero attached hydrogens (tertiary/aromatic N) is 2. The SMILES string of the molecule is CCN1CCCC(NCCCCN(C)C)CC1. The number of likely N-dealkylation sites (tertiary alicyclic amines) is 1. The highest BCUT2D eigenvalue weighted by Gasteiger charge is 2.14. The molecule has 17 heavy (non-hydrogen) atoms. The Balaban J connectivity index is 2.03. The second kappa shape index (κ2) is 8.90. The highest BCUT2D eigenvalue weighted by atomic mass is 15.1. The lowest BCUT2D eigenvalue weighted by atomic mass is 10.1. The summed E-state index contributed by atoms with van der Waals surface area (Å²) >= 11 is 0. The average molecular weight is 241 g/mol. The Morgan fingerprint density at radius 3 is 2.71 bits per heavy atom. The van der Waals surface area contributed by atoms with E-state index in [4.69, 9.17) is 0 Å². The molecule has 0 aromatic carbocycles. The van der Waals surface area contributed by atoms with E-state index >= 15 is 0 Å². The van der Waals surface area contributed by atoms with Crippen molar-refractivity contribution in [2.75, 3.05) is 46.8 Å². The Morgan fingerprint density at radius 1 is 1.18 bits per heavy atom. The largest absolute Gasteiger partial charge is 0.314 e. The lowest BCUT2D eigenvalue weighted by molar-refractivity contribution is 0.297. The minimum Gasteiger partial charge on any atom is -0.314 e. The molecule has 0 amide bonds. The van der Waals surface area contributed by atoms with E-state index in [0.717, 1.165) is 6.04 Å². The van der Waals surface area contributed by atoms with Crippen LogP contribution in [0.25, 0.3) is 0 Å². The van der Waals surface area contributed by atoms with Gasteiger partial charge in [-0.25, -0.2) is 0 Å². The molecule has 1 N–H and O–H groups in total. The van der Waals surface area contributed by atoms with Gasteiger partial charge in [0.2, 0.25) is 0 Å². The summed E-state index contributed by atoms with van der Waals surface area (Å²) in [5, 5.41) is 3.73. The summed E-state index contributed by atoms with van der Waals surface area (Å²) in [5.41, 5.74) is 0. The average Bonchev–Trinajstić information content (AvgIpc) is 2.53. The van der Waals surface area contributed by atoms with Gasteiger partial charge in [-0.05, 0) is 78.9 Å². The molecule has 1 heterocycles. The fourth-order valence-electron chi connectivity index (χ4n) is 2.54. The minimum absolute atomic E-state index is 0.769. The van der Waals surface area contributed by atoms with E-state index in [9.17, 15) is 0 Å². The van der Waals surface area contributed by atoms with Crippen molar-refractivity contribution in [3.05, 3.63) is 0 Å². The lowest BCUT2D eigenvalue weighted by Gasteiger charge is -2.18. The van der Waals surface area contributed by atoms with E-state index in [2.05, 4.69) is 36.1 Å². The van der Waals surface area contributed by atoms with Crippen LogP contribution >= 0.6 is 0 Å². The number of hydrogen-bond donors (Lipinski definition) is 1. The zero-order valence-electron chi connectivity index (χ0n) is 12.0. The first-order valence-electron chi connectivity index (χ1n) is 7.33. The van der Waals surface area contributed by atoms with Crippen molar-refractivity contribution < 1.29 is 0 Å². The Hall–Kier alpha value is -0.120. The van der Waals surface area contributed by atoms with E-state index < -0.39 is 0 Å². The summed E-state index contributed by atoms with van der Waals surface area (Å²) < 4.78 is 0. The van der Waals surface area contributed by atoms with Gasteiger partial charge in [0.25, 0.3) is 0 Å². The normalized spacial score (nSPS) is 22.9. The molecule has 1 saturated heterocycles. The monoisotopic (exact) mass is 241 g/mol. The molecule has 102 valence electrons. The third kappa shape index (κ3) is 7.02. The van der Waals surface area contributed by atoms with Crippen molar-refractivity contribution in [3.63, 3.8) is 0 Å². The fourth-order valence-corrected chi connectivity index (χ4v) is 2.54. The third-order valence-electron chi connectivity index (χ3n) is 3.73. The van der Waals surface area contributed by atoms with Gasteiger partial charge >= 0.3 is 0 Å². The first-order chi connectivity index (χ1) is 8.22. The highest BCUT2D eigenvalue weighted by Crippen LogP contribution is 2.10. The van der Waals surface area contributed by atoms with Gasteiger partial charge in [0.05, 0.1) is 0 Å². The molecular formula is C14H31N3. The van der Waals surface area contributed by atoms with Crippen LogP contribution in [0.2, 0.25) is 0 Å². The van der Waals surface area contributed by atoms with Gasteiger partial charge in [-0.3, -0.25) is 0 Å². The molecule has 0 aromatic heterocycles. The number of hydrogen-bond acceptors (Lipinski definition) is 3. The van der Waals surface area contributed by atoms with Crippen molar-refractivity contribution in [2.45, 2.75) is 45.1 Å². The van der Waals surface area contributed by atoms with E-state index in [-0.39, 0.29) is 0 Å². The first-order valence-corrected chi connectivity index (χ1v) is 7.33. The second-order valence-electron chi connectivity index (χ2n) is 5.53. The smallest absolute Gasteiger partial charge is 0.00797 e. The van der Waals surface area contributed by atoms with Crippen LogP contribution in [0, 0.1) is 0 Å². The van der Waals surface area contributed by atoms with Gasteiger partial charge in [0.15, 0.2) is 0 Å². The summed E-state index contributed by atoms with van der Waals surface area (Å²) in [6, 6.07) is 0.769. The summed E-state index contributed by atoms with van der Waals surface area (Å²) in [6.45, 7) is 8.49. The molecule has 1 rings (SSSR count). The maximum Gasteiger partial charge on any atom is 0.00797 e. The number of nitrogens with one attached hydrogen (secondary N) is 1. The van der Waals surface area contributed by atoms with Crippen LogP contribution in [-0.4, -0.2) is 62.7 Å². The molecule has 3 heteroatoms. The van der Waals surface area contributed by atoms with Crippen LogP contribution in [-0.2, 0) is 0 Å². The van der Waals surface area contributed by atoms with Crippen LogP contribution in [0.3, 0.4) is 0 Å². The molecular weight excluding hydrogens is 210 g/mol. The van der Waals surface area contributed by atoms with Crippen molar-refractivity contribution >= 4 is 0 Å². The highest BCUT2D eigenvalue weighted by molar-refractivity contribution is 4.74. The maximum atomic E-state index is 3.73. The van der Waals surface area contributed by atoms with Crippen molar-refractivity contribution in [2.24, 2.45) is 0 Å². The van der Waals surface area contributed by atoms with Crippen molar-refractivity contribution in [1.82, 2.24) is 15.1 Å². The molecule has 0 spiro atoms. The predicted octanol–water partition coefficient (Wildman–Crippen LogP) is 1.79. The Morgan fingerprint density at radius 2 is 2.00 bits per heavy atom. The molecule has 3 nitrogen and oxygen atoms in total. The number of unbranched alkanes of at least 4 members (excludes halogenated alkanes) is 1. The molecule has 0 bridgehead atoms. The zero-order valence-corrected chi connectivity index (χ0v) is 12.0. The summed E-state index contributed by atoms with van der Waals surface area (Å²) in [5.74, 6) is 0. The predicted molar refractivity (Wildman–Crippen MR) is 75.5 cm³/mol. The van der Waals surface area contributed by atoms with Crippen LogP contribution in [0.15, 0.2) is 0 Å². The van der Waals surface area contributed by atoms with Gasteiger partial charge in [0.1, 0.15) is 0 Å². The summed E-state index contributed by atoms with van der Waals surface area (Å²) in [6.07, 6.45) is 6.69. The van der Waals surface area contributed by atoms with Crippen LogP contribution in [0.5, 0.6) is 0 Å². The van der Waals surface area contributed by atoms with E-state index in [1.807, 2.05) is 0 Å². The van der Waals surface area contributed by atoms with Crippen molar-refractivity contribution in [1.29, 1.82) is 0 Å². The minimum atomic E-state index is 0.769. The first kappa shape index (κ1) is 14.9. The molecule has 1 aliphatic heterocycles. The van der Waals surface area contributed by atoms with Gasteiger partial charge in [-0.15, -0.1) is 0 Å². The molecule has 0 saturated carbocycles. The second-order valence-corrected chi connectivity index (χ2v) is 5.53. The van der Waals surface area contributed by atoms with E-state index in [0.29, 0.717) is 0 Å². The molecule has 1 unspecified atom stereocenters. The van der Waals surface area contributed by atoms with Crippen LogP contribution < -0.4 is 5.32 Å². The van der Waals surface area contributed by atoms with E-state index in [1.54, 1.807) is 0 Å². The lowest BCUT2D eigenvalue weighted by Crippen LogP contribution is -2.32. The molecule has 0 aromatic rings. The quantitative estimate of drug-likeness (QED) is 0.686. The molecule has 0 aliphatic carbocycles. The third-order valence-corrected chi connectivity index (χ3v) is 3.73. The standard InChI is InChI=1S/C14H31N3/c1-4-17-12-7-8-14(9-13-17)15-10-5-6-11-16(2)3/h14-15H,4-13H2,1-3H3. The Labute approximate surface area is 108 Å². The van der Waals surface area contributed by atoms with Gasteiger partial charge < -0.3 is 15.1 Å². The van der Waals surface area contributed by atoms with Crippen LogP contribution in [0.4, 0.5) is 0 Å². The summed E-state index contributed by atoms with van der Waals surface area (Å²) in [7, 11) is 4.30. The molecule has 1 atom stereocenters. The Bertz CT molecular complexity index is 182. The number of rotatable bonds is 7. The van der Waals surface area contributed by atoms with Gasteiger partial charge in [-0.2, -0.15) is 0 Å². The zero-order chi connectivity index (χ0) is 12.5. The van der Waals surface area contributed by atoms with Crippen LogP contribution in [0.1, 0.15) is 39.0 Å². The molecule has 1 fully saturated rings. The molecule has 1 aliphatic rings.